The predicted molar refractivity (Wildman–Crippen MR) is 78.7 cm³/mol. The number of rotatable bonds is 2. The predicted octanol–water partition coefficient (Wildman–Crippen LogP) is 1.70. The van der Waals surface area contributed by atoms with E-state index in [0.29, 0.717) is 23.9 Å². The van der Waals surface area contributed by atoms with Crippen LogP contribution in [0.2, 0.25) is 0 Å². The SMILES string of the molecule is O=c1c2ccc(Br)cc2ncn1CC1(O)CCCOC1. The summed E-state index contributed by atoms with van der Waals surface area (Å²) in [6, 6.07) is 5.36. The average molecular weight is 339 g/mol. The smallest absolute Gasteiger partial charge is 0.261 e. The van der Waals surface area contributed by atoms with Crippen LogP contribution in [-0.4, -0.2) is 33.5 Å². The Labute approximate surface area is 124 Å². The molecule has 1 atom stereocenters. The molecule has 1 aromatic heterocycles. The Bertz CT molecular complexity index is 692. The lowest BCUT2D eigenvalue weighted by atomic mass is 9.96. The van der Waals surface area contributed by atoms with Gasteiger partial charge < -0.3 is 9.84 Å². The zero-order valence-corrected chi connectivity index (χ0v) is 12.5. The highest BCUT2D eigenvalue weighted by molar-refractivity contribution is 9.10. The van der Waals surface area contributed by atoms with Crippen LogP contribution >= 0.6 is 15.9 Å². The lowest BCUT2D eigenvalue weighted by Gasteiger charge is -2.32. The van der Waals surface area contributed by atoms with E-state index in [0.717, 1.165) is 10.9 Å². The molecule has 20 heavy (non-hydrogen) atoms. The molecule has 106 valence electrons. The molecule has 0 bridgehead atoms. The summed E-state index contributed by atoms with van der Waals surface area (Å²) in [5.41, 5.74) is -0.471. The Morgan fingerprint density at radius 2 is 2.35 bits per heavy atom. The summed E-state index contributed by atoms with van der Waals surface area (Å²) >= 11 is 3.36. The molecule has 2 heterocycles. The van der Waals surface area contributed by atoms with Gasteiger partial charge in [0, 0.05) is 11.1 Å². The first-order valence-corrected chi connectivity index (χ1v) is 7.32. The fourth-order valence-corrected chi connectivity index (χ4v) is 2.87. The first-order valence-electron chi connectivity index (χ1n) is 6.52. The van der Waals surface area contributed by atoms with Gasteiger partial charge in [-0.25, -0.2) is 4.98 Å². The monoisotopic (exact) mass is 338 g/mol. The van der Waals surface area contributed by atoms with Crippen molar-refractivity contribution < 1.29 is 9.84 Å². The average Bonchev–Trinajstić information content (AvgIpc) is 2.43. The van der Waals surface area contributed by atoms with Crippen LogP contribution in [0.15, 0.2) is 33.8 Å². The molecular formula is C14H15BrN2O3. The Kier molecular flexibility index (Phi) is 3.62. The Hall–Kier alpha value is -1.24. The molecule has 0 aliphatic carbocycles. The number of benzene rings is 1. The number of ether oxygens (including phenoxy) is 1. The van der Waals surface area contributed by atoms with Gasteiger partial charge in [0.2, 0.25) is 0 Å². The van der Waals surface area contributed by atoms with E-state index in [2.05, 4.69) is 20.9 Å². The van der Waals surface area contributed by atoms with Gasteiger partial charge in [-0.05, 0) is 31.0 Å². The van der Waals surface area contributed by atoms with Gasteiger partial charge in [0.15, 0.2) is 0 Å². The summed E-state index contributed by atoms with van der Waals surface area (Å²) < 4.78 is 7.65. The maximum absolute atomic E-state index is 12.4. The third-order valence-electron chi connectivity index (χ3n) is 3.55. The number of hydrogen-bond acceptors (Lipinski definition) is 4. The van der Waals surface area contributed by atoms with Crippen LogP contribution in [0.4, 0.5) is 0 Å². The van der Waals surface area contributed by atoms with Gasteiger partial charge in [0.05, 0.1) is 30.4 Å². The van der Waals surface area contributed by atoms with Crippen LogP contribution in [0.25, 0.3) is 10.9 Å². The highest BCUT2D eigenvalue weighted by Gasteiger charge is 2.31. The molecule has 3 rings (SSSR count). The van der Waals surface area contributed by atoms with Crippen LogP contribution in [0.5, 0.6) is 0 Å². The minimum atomic E-state index is -0.979. The Morgan fingerprint density at radius 3 is 3.10 bits per heavy atom. The summed E-state index contributed by atoms with van der Waals surface area (Å²) in [6.07, 6.45) is 2.93. The fourth-order valence-electron chi connectivity index (χ4n) is 2.52. The van der Waals surface area contributed by atoms with Crippen molar-refractivity contribution in [2.75, 3.05) is 13.2 Å². The molecule has 1 unspecified atom stereocenters. The van der Waals surface area contributed by atoms with E-state index in [1.807, 2.05) is 6.07 Å². The number of fused-ring (bicyclic) bond motifs is 1. The molecule has 6 heteroatoms. The minimum Gasteiger partial charge on any atom is -0.386 e. The van der Waals surface area contributed by atoms with Gasteiger partial charge in [-0.3, -0.25) is 9.36 Å². The largest absolute Gasteiger partial charge is 0.386 e. The number of aliphatic hydroxyl groups is 1. The van der Waals surface area contributed by atoms with Crippen molar-refractivity contribution >= 4 is 26.8 Å². The van der Waals surface area contributed by atoms with Crippen LogP contribution < -0.4 is 5.56 Å². The minimum absolute atomic E-state index is 0.138. The summed E-state index contributed by atoms with van der Waals surface area (Å²) in [5, 5.41) is 11.0. The lowest BCUT2D eigenvalue weighted by molar-refractivity contribution is -0.0947. The van der Waals surface area contributed by atoms with Gasteiger partial charge in [0.25, 0.3) is 5.56 Å². The van der Waals surface area contributed by atoms with Crippen molar-refractivity contribution in [2.24, 2.45) is 0 Å². The molecule has 1 N–H and O–H groups in total. The van der Waals surface area contributed by atoms with Crippen LogP contribution in [0, 0.1) is 0 Å². The number of hydrogen-bond donors (Lipinski definition) is 1. The van der Waals surface area contributed by atoms with Gasteiger partial charge in [0.1, 0.15) is 5.60 Å². The molecule has 1 fully saturated rings. The molecular weight excluding hydrogens is 324 g/mol. The van der Waals surface area contributed by atoms with E-state index in [-0.39, 0.29) is 18.7 Å². The van der Waals surface area contributed by atoms with Crippen LogP contribution in [0.3, 0.4) is 0 Å². The highest BCUT2D eigenvalue weighted by atomic mass is 79.9. The third-order valence-corrected chi connectivity index (χ3v) is 4.05. The molecule has 1 saturated heterocycles. The zero-order chi connectivity index (χ0) is 14.2. The molecule has 0 radical (unpaired) electrons. The first-order chi connectivity index (χ1) is 9.57. The molecule has 0 spiro atoms. The molecule has 2 aromatic rings. The number of aromatic nitrogens is 2. The van der Waals surface area contributed by atoms with Gasteiger partial charge in [-0.1, -0.05) is 15.9 Å². The number of nitrogens with zero attached hydrogens (tertiary/aromatic N) is 2. The van der Waals surface area contributed by atoms with E-state index in [4.69, 9.17) is 4.74 Å². The second-order valence-electron chi connectivity index (χ2n) is 5.22. The van der Waals surface area contributed by atoms with Gasteiger partial charge in [-0.15, -0.1) is 0 Å². The maximum atomic E-state index is 12.4. The van der Waals surface area contributed by atoms with Gasteiger partial charge in [-0.2, -0.15) is 0 Å². The normalized spacial score (nSPS) is 23.1. The summed E-state index contributed by atoms with van der Waals surface area (Å²) in [4.78, 5) is 16.7. The topological polar surface area (TPSA) is 64.4 Å². The zero-order valence-electron chi connectivity index (χ0n) is 10.9. The molecule has 0 amide bonds. The quantitative estimate of drug-likeness (QED) is 0.905. The van der Waals surface area contributed by atoms with E-state index in [1.165, 1.54) is 10.9 Å². The standard InChI is InChI=1S/C14H15BrN2O3/c15-10-2-3-11-12(6-10)16-9-17(13(11)18)7-14(19)4-1-5-20-8-14/h2-3,6,9,19H,1,4-5,7-8H2. The van der Waals surface area contributed by atoms with Crippen molar-refractivity contribution in [1.29, 1.82) is 0 Å². The van der Waals surface area contributed by atoms with Crippen molar-refractivity contribution in [2.45, 2.75) is 25.0 Å². The second kappa shape index (κ2) is 5.27. The van der Waals surface area contributed by atoms with E-state index < -0.39 is 5.60 Å². The van der Waals surface area contributed by atoms with Crippen LogP contribution in [-0.2, 0) is 11.3 Å². The molecule has 5 nitrogen and oxygen atoms in total. The summed E-state index contributed by atoms with van der Waals surface area (Å²) in [5.74, 6) is 0. The first kappa shape index (κ1) is 13.7. The Morgan fingerprint density at radius 1 is 1.50 bits per heavy atom. The maximum Gasteiger partial charge on any atom is 0.261 e. The highest BCUT2D eigenvalue weighted by Crippen LogP contribution is 2.21. The van der Waals surface area contributed by atoms with Gasteiger partial charge >= 0.3 is 0 Å². The van der Waals surface area contributed by atoms with Crippen LogP contribution in [0.1, 0.15) is 12.8 Å². The number of halogens is 1. The van der Waals surface area contributed by atoms with Crippen molar-refractivity contribution in [3.63, 3.8) is 0 Å². The van der Waals surface area contributed by atoms with E-state index in [1.54, 1.807) is 12.1 Å². The lowest BCUT2D eigenvalue weighted by Crippen LogP contribution is -2.44. The molecule has 1 aliphatic rings. The fraction of sp³-hybridized carbons (Fsp3) is 0.429. The van der Waals surface area contributed by atoms with Crippen molar-refractivity contribution in [3.8, 4) is 0 Å². The molecule has 0 saturated carbocycles. The van der Waals surface area contributed by atoms with Crippen molar-refractivity contribution in [3.05, 3.63) is 39.4 Å². The Balaban J connectivity index is 1.98. The van der Waals surface area contributed by atoms with E-state index in [9.17, 15) is 9.90 Å². The molecule has 1 aliphatic heterocycles. The summed E-state index contributed by atoms with van der Waals surface area (Å²) in [7, 11) is 0. The second-order valence-corrected chi connectivity index (χ2v) is 6.14. The summed E-state index contributed by atoms with van der Waals surface area (Å²) in [6.45, 7) is 1.14. The third kappa shape index (κ3) is 2.63. The molecule has 1 aromatic carbocycles. The van der Waals surface area contributed by atoms with E-state index >= 15 is 0 Å². The van der Waals surface area contributed by atoms with Crippen molar-refractivity contribution in [1.82, 2.24) is 9.55 Å².